The van der Waals surface area contributed by atoms with E-state index in [9.17, 15) is 0 Å². The van der Waals surface area contributed by atoms with Crippen molar-refractivity contribution >= 4 is 51.7 Å². The second-order valence-electron chi connectivity index (χ2n) is 2.14. The molecule has 0 radical (unpaired) electrons. The van der Waals surface area contributed by atoms with Crippen LogP contribution in [-0.4, -0.2) is 58.1 Å². The first-order valence-corrected chi connectivity index (χ1v) is 5.69. The molecule has 0 bridgehead atoms. The van der Waals surface area contributed by atoms with Gasteiger partial charge in [-0.3, -0.25) is 9.11 Å². The van der Waals surface area contributed by atoms with Crippen molar-refractivity contribution in [3.8, 4) is 0 Å². The average molecular weight is 224 g/mol. The van der Waals surface area contributed by atoms with Crippen molar-refractivity contribution in [1.29, 1.82) is 0 Å². The molecule has 4 nitrogen and oxygen atoms in total. The third-order valence-electron chi connectivity index (χ3n) is 1.25. The van der Waals surface area contributed by atoms with Gasteiger partial charge in [0.1, 0.15) is 0 Å². The van der Waals surface area contributed by atoms with Crippen molar-refractivity contribution in [1.82, 2.24) is 0 Å². The SMILES string of the molecule is CCC1CCS1.O=S(=O)(O)O.[NaH]. The van der Waals surface area contributed by atoms with Crippen molar-refractivity contribution < 1.29 is 17.5 Å². The van der Waals surface area contributed by atoms with E-state index in [0.29, 0.717) is 0 Å². The maximum atomic E-state index is 8.74. The minimum atomic E-state index is -4.67. The van der Waals surface area contributed by atoms with Gasteiger partial charge in [-0.15, -0.1) is 0 Å². The van der Waals surface area contributed by atoms with E-state index >= 15 is 0 Å². The first kappa shape index (κ1) is 15.7. The molecule has 1 aliphatic rings. The molecule has 1 saturated heterocycles. The summed E-state index contributed by atoms with van der Waals surface area (Å²) in [5, 5.41) is 1.03. The summed E-state index contributed by atoms with van der Waals surface area (Å²) in [5.74, 6) is 1.42. The fraction of sp³-hybridized carbons (Fsp3) is 1.00. The van der Waals surface area contributed by atoms with Gasteiger partial charge in [0.05, 0.1) is 0 Å². The molecule has 0 spiro atoms. The summed E-state index contributed by atoms with van der Waals surface area (Å²) in [6.07, 6.45) is 2.85. The normalized spacial score (nSPS) is 21.1. The molecule has 1 heterocycles. The predicted octanol–water partition coefficient (Wildman–Crippen LogP) is 0.601. The predicted molar refractivity (Wildman–Crippen MR) is 52.5 cm³/mol. The monoisotopic (exact) mass is 224 g/mol. The van der Waals surface area contributed by atoms with E-state index in [-0.39, 0.29) is 29.6 Å². The third kappa shape index (κ3) is 13.8. The number of thioether (sulfide) groups is 1. The quantitative estimate of drug-likeness (QED) is 0.504. The number of hydrogen-bond donors (Lipinski definition) is 2. The van der Waals surface area contributed by atoms with E-state index in [1.54, 1.807) is 0 Å². The molecule has 1 fully saturated rings. The fourth-order valence-corrected chi connectivity index (χ4v) is 1.41. The van der Waals surface area contributed by atoms with Gasteiger partial charge in [-0.05, 0) is 18.6 Å². The summed E-state index contributed by atoms with van der Waals surface area (Å²) >= 11 is 2.11. The molecule has 12 heavy (non-hydrogen) atoms. The van der Waals surface area contributed by atoms with Crippen LogP contribution in [0, 0.1) is 0 Å². The Morgan fingerprint density at radius 2 is 1.83 bits per heavy atom. The molecule has 70 valence electrons. The fourth-order valence-electron chi connectivity index (χ4n) is 0.606. The second kappa shape index (κ2) is 7.61. The zero-order valence-electron chi connectivity index (χ0n) is 6.23. The molecule has 0 aromatic carbocycles. The standard InChI is InChI=1S/C5H10S.Na.H2O4S.H/c1-2-5-3-4-6-5;;1-5(2,3)4;/h5H,2-4H2,1H3;;(H2,1,2,3,4);. The Bertz CT molecular complexity index is 177. The van der Waals surface area contributed by atoms with Crippen LogP contribution in [-0.2, 0) is 10.4 Å². The molecule has 0 aromatic heterocycles. The van der Waals surface area contributed by atoms with Crippen LogP contribution >= 0.6 is 11.8 Å². The Labute approximate surface area is 99.4 Å². The minimum absolute atomic E-state index is 0. The summed E-state index contributed by atoms with van der Waals surface area (Å²) in [7, 11) is -4.67. The summed E-state index contributed by atoms with van der Waals surface area (Å²) in [6, 6.07) is 0. The molecule has 1 unspecified atom stereocenters. The van der Waals surface area contributed by atoms with E-state index in [2.05, 4.69) is 18.7 Å². The van der Waals surface area contributed by atoms with Crippen LogP contribution < -0.4 is 0 Å². The second-order valence-corrected chi connectivity index (χ2v) is 4.44. The van der Waals surface area contributed by atoms with Gasteiger partial charge in [-0.2, -0.15) is 20.2 Å². The summed E-state index contributed by atoms with van der Waals surface area (Å²) < 4.78 is 31.6. The molecule has 0 aromatic rings. The Hall–Kier alpha value is 1.22. The molecule has 7 heteroatoms. The Kier molecular flexibility index (Phi) is 9.94. The first-order chi connectivity index (χ1) is 4.93. The molecular formula is C5H13NaO4S2. The molecule has 0 saturated carbocycles. The first-order valence-electron chi connectivity index (χ1n) is 3.25. The number of rotatable bonds is 1. The molecule has 0 aliphatic carbocycles. The maximum absolute atomic E-state index is 8.74. The molecule has 1 rings (SSSR count). The van der Waals surface area contributed by atoms with Crippen LogP contribution in [0.1, 0.15) is 19.8 Å². The van der Waals surface area contributed by atoms with Gasteiger partial charge in [0.25, 0.3) is 0 Å². The van der Waals surface area contributed by atoms with Crippen molar-refractivity contribution in [3.63, 3.8) is 0 Å². The number of hydrogen-bond acceptors (Lipinski definition) is 3. The van der Waals surface area contributed by atoms with Crippen molar-refractivity contribution in [2.45, 2.75) is 25.0 Å². The molecule has 0 amide bonds. The van der Waals surface area contributed by atoms with Gasteiger partial charge in [-0.1, -0.05) is 6.92 Å². The Morgan fingerprint density at radius 3 is 1.83 bits per heavy atom. The zero-order valence-corrected chi connectivity index (χ0v) is 7.86. The van der Waals surface area contributed by atoms with Crippen molar-refractivity contribution in [2.75, 3.05) is 5.75 Å². The average Bonchev–Trinajstić information content (AvgIpc) is 1.55. The Morgan fingerprint density at radius 1 is 1.50 bits per heavy atom. The zero-order chi connectivity index (χ0) is 8.91. The third-order valence-corrected chi connectivity index (χ3v) is 2.76. The van der Waals surface area contributed by atoms with Crippen LogP contribution in [0.15, 0.2) is 0 Å². The van der Waals surface area contributed by atoms with Gasteiger partial charge >= 0.3 is 40.0 Å². The van der Waals surface area contributed by atoms with Gasteiger partial charge in [0, 0.05) is 5.25 Å². The van der Waals surface area contributed by atoms with Crippen LogP contribution in [0.4, 0.5) is 0 Å². The Balaban J connectivity index is 0. The topological polar surface area (TPSA) is 74.6 Å². The molecular weight excluding hydrogens is 211 g/mol. The van der Waals surface area contributed by atoms with Crippen LogP contribution in [0.25, 0.3) is 0 Å². The summed E-state index contributed by atoms with van der Waals surface area (Å²) in [6.45, 7) is 2.26. The summed E-state index contributed by atoms with van der Waals surface area (Å²) in [4.78, 5) is 0. The van der Waals surface area contributed by atoms with E-state index in [1.165, 1.54) is 18.6 Å². The van der Waals surface area contributed by atoms with Crippen LogP contribution in [0.2, 0.25) is 0 Å². The molecule has 2 N–H and O–H groups in total. The van der Waals surface area contributed by atoms with Crippen LogP contribution in [0.3, 0.4) is 0 Å². The van der Waals surface area contributed by atoms with Crippen molar-refractivity contribution in [2.24, 2.45) is 0 Å². The van der Waals surface area contributed by atoms with E-state index in [0.717, 1.165) is 5.25 Å². The van der Waals surface area contributed by atoms with E-state index < -0.39 is 10.4 Å². The van der Waals surface area contributed by atoms with Gasteiger partial charge in [0.2, 0.25) is 0 Å². The van der Waals surface area contributed by atoms with E-state index in [1.807, 2.05) is 0 Å². The molecule has 1 aliphatic heterocycles. The molecule has 1 atom stereocenters. The van der Waals surface area contributed by atoms with Crippen molar-refractivity contribution in [3.05, 3.63) is 0 Å². The van der Waals surface area contributed by atoms with Gasteiger partial charge in [-0.25, -0.2) is 0 Å². The van der Waals surface area contributed by atoms with Gasteiger partial charge < -0.3 is 0 Å². The van der Waals surface area contributed by atoms with Crippen LogP contribution in [0.5, 0.6) is 0 Å². The van der Waals surface area contributed by atoms with E-state index in [4.69, 9.17) is 17.5 Å². The van der Waals surface area contributed by atoms with Gasteiger partial charge in [0.15, 0.2) is 0 Å². The summed E-state index contributed by atoms with van der Waals surface area (Å²) in [5.41, 5.74) is 0.